The number of ether oxygens (including phenoxy) is 1. The number of pyridine rings is 1. The van der Waals surface area contributed by atoms with E-state index in [-0.39, 0.29) is 29.9 Å². The zero-order valence-electron chi connectivity index (χ0n) is 14.7. The Bertz CT molecular complexity index is 424. The molecule has 0 aliphatic carbocycles. The van der Waals surface area contributed by atoms with Crippen LogP contribution in [0.5, 0.6) is 5.75 Å². The van der Waals surface area contributed by atoms with Gasteiger partial charge in [-0.2, -0.15) is 0 Å². The molecule has 23 heavy (non-hydrogen) atoms. The van der Waals surface area contributed by atoms with Crippen molar-refractivity contribution < 1.29 is 38.1 Å². The molecule has 0 saturated heterocycles. The maximum Gasteiger partial charge on any atom is 0.308 e. The maximum absolute atomic E-state index is 10.9. The molecule has 0 radical (unpaired) electrons. The predicted octanol–water partition coefficient (Wildman–Crippen LogP) is 1.82. The van der Waals surface area contributed by atoms with E-state index in [1.54, 1.807) is 0 Å². The second-order valence-corrected chi connectivity index (χ2v) is 6.05. The van der Waals surface area contributed by atoms with Gasteiger partial charge in [-0.1, -0.05) is 58.3 Å². The van der Waals surface area contributed by atoms with E-state index in [2.05, 4.69) is 11.5 Å². The first-order valence-electron chi connectivity index (χ1n) is 8.90. The third-order valence-electron chi connectivity index (χ3n) is 3.86. The van der Waals surface area contributed by atoms with Crippen molar-refractivity contribution in [3.8, 4) is 5.75 Å². The Labute approximate surface area is 158 Å². The molecule has 1 heterocycles. The van der Waals surface area contributed by atoms with Crippen molar-refractivity contribution in [2.24, 2.45) is 0 Å². The van der Waals surface area contributed by atoms with Crippen LogP contribution >= 0.6 is 0 Å². The highest BCUT2D eigenvalue weighted by Crippen LogP contribution is 2.11. The normalized spacial score (nSPS) is 10.2. The summed E-state index contributed by atoms with van der Waals surface area (Å²) in [6, 6.07) is 3.74. The van der Waals surface area contributed by atoms with E-state index < -0.39 is 0 Å². The molecule has 0 saturated carbocycles. The summed E-state index contributed by atoms with van der Waals surface area (Å²) in [5.74, 6) is 0.360. The van der Waals surface area contributed by atoms with Crippen molar-refractivity contribution in [3.05, 3.63) is 24.5 Å². The van der Waals surface area contributed by atoms with Gasteiger partial charge in [0.05, 0.1) is 0 Å². The molecule has 1 aromatic heterocycles. The molecule has 0 fully saturated rings. The summed E-state index contributed by atoms with van der Waals surface area (Å²) >= 11 is 0. The van der Waals surface area contributed by atoms with Crippen LogP contribution in [-0.2, 0) is 11.3 Å². The van der Waals surface area contributed by atoms with Gasteiger partial charge in [0, 0.05) is 19.4 Å². The number of rotatable bonds is 12. The van der Waals surface area contributed by atoms with Crippen molar-refractivity contribution in [2.45, 2.75) is 84.6 Å². The molecule has 0 atom stereocenters. The Morgan fingerprint density at radius 1 is 1.00 bits per heavy atom. The largest absolute Gasteiger partial charge is 1.00 e. The first-order chi connectivity index (χ1) is 10.7. The highest BCUT2D eigenvalue weighted by molar-refractivity contribution is 5.68. The van der Waals surface area contributed by atoms with Crippen LogP contribution in [0.3, 0.4) is 0 Å². The van der Waals surface area contributed by atoms with Crippen LogP contribution in [-0.4, -0.2) is 5.97 Å². The highest BCUT2D eigenvalue weighted by atomic mass is 127. The molecule has 4 heteroatoms. The average molecular weight is 433 g/mol. The minimum absolute atomic E-state index is 0. The number of nitrogens with zero attached hydrogens (tertiary/aromatic N) is 1. The summed E-state index contributed by atoms with van der Waals surface area (Å²) in [5, 5.41) is 0. The first-order valence-corrected chi connectivity index (χ1v) is 8.90. The van der Waals surface area contributed by atoms with Gasteiger partial charge in [-0.05, 0) is 12.5 Å². The SMILES string of the molecule is CCCCCCCCCCCC[n+]1cccc(OC(C)=O)c1.[I-]. The minimum atomic E-state index is -0.267. The summed E-state index contributed by atoms with van der Waals surface area (Å²) in [5.41, 5.74) is 0. The smallest absolute Gasteiger partial charge is 0.308 e. The summed E-state index contributed by atoms with van der Waals surface area (Å²) in [6.45, 7) is 4.69. The van der Waals surface area contributed by atoms with Gasteiger partial charge in [0.1, 0.15) is 6.54 Å². The molecule has 3 nitrogen and oxygen atoms in total. The van der Waals surface area contributed by atoms with Crippen molar-refractivity contribution >= 4 is 5.97 Å². The number of carbonyl (C=O) groups is 1. The van der Waals surface area contributed by atoms with E-state index >= 15 is 0 Å². The lowest BCUT2D eigenvalue weighted by Gasteiger charge is -2.02. The predicted molar refractivity (Wildman–Crippen MR) is 89.8 cm³/mol. The van der Waals surface area contributed by atoms with Crippen LogP contribution in [0.25, 0.3) is 0 Å². The molecular formula is C19H32INO2. The number of hydrogen-bond acceptors (Lipinski definition) is 2. The third-order valence-corrected chi connectivity index (χ3v) is 3.86. The van der Waals surface area contributed by atoms with E-state index in [9.17, 15) is 4.79 Å². The van der Waals surface area contributed by atoms with Gasteiger partial charge in [0.25, 0.3) is 0 Å². The molecule has 1 rings (SSSR count). The number of carbonyl (C=O) groups excluding carboxylic acids is 1. The Morgan fingerprint density at radius 3 is 2.13 bits per heavy atom. The molecule has 0 aliphatic heterocycles. The van der Waals surface area contributed by atoms with Crippen molar-refractivity contribution in [1.82, 2.24) is 0 Å². The Kier molecular flexibility index (Phi) is 14.5. The third kappa shape index (κ3) is 12.4. The van der Waals surface area contributed by atoms with E-state index in [0.717, 1.165) is 6.54 Å². The van der Waals surface area contributed by atoms with Crippen LogP contribution in [0.4, 0.5) is 0 Å². The molecule has 0 aromatic carbocycles. The lowest BCUT2D eigenvalue weighted by Crippen LogP contribution is -3.00. The van der Waals surface area contributed by atoms with Gasteiger partial charge in [-0.15, -0.1) is 0 Å². The lowest BCUT2D eigenvalue weighted by molar-refractivity contribution is -0.697. The van der Waals surface area contributed by atoms with Crippen molar-refractivity contribution in [1.29, 1.82) is 0 Å². The highest BCUT2D eigenvalue weighted by Gasteiger charge is 2.05. The summed E-state index contributed by atoms with van der Waals surface area (Å²) in [6.07, 6.45) is 17.4. The zero-order valence-corrected chi connectivity index (χ0v) is 16.9. The monoisotopic (exact) mass is 433 g/mol. The topological polar surface area (TPSA) is 30.2 Å². The zero-order chi connectivity index (χ0) is 16.0. The van der Waals surface area contributed by atoms with E-state index in [0.29, 0.717) is 5.75 Å². The molecule has 0 bridgehead atoms. The fraction of sp³-hybridized carbons (Fsp3) is 0.684. The Morgan fingerprint density at radius 2 is 1.57 bits per heavy atom. The standard InChI is InChI=1S/C19H32NO2.HI/c1-3-4-5-6-7-8-9-10-11-12-15-20-16-13-14-19(17-20)22-18(2)21;/h13-14,16-17H,3-12,15H2,1-2H3;1H/q+1;/p-1. The maximum atomic E-state index is 10.9. The van der Waals surface area contributed by atoms with E-state index in [4.69, 9.17) is 4.74 Å². The molecule has 0 unspecified atom stereocenters. The molecule has 1 aromatic rings. The van der Waals surface area contributed by atoms with Crippen LogP contribution in [0.2, 0.25) is 0 Å². The van der Waals surface area contributed by atoms with Crippen LogP contribution in [0.1, 0.15) is 78.1 Å². The number of unbranched alkanes of at least 4 members (excludes halogenated alkanes) is 9. The summed E-state index contributed by atoms with van der Waals surface area (Å²) in [4.78, 5) is 10.9. The molecule has 0 aliphatic rings. The van der Waals surface area contributed by atoms with Gasteiger partial charge >= 0.3 is 5.97 Å². The minimum Gasteiger partial charge on any atom is -1.00 e. The van der Waals surface area contributed by atoms with E-state index in [1.807, 2.05) is 24.5 Å². The number of aryl methyl sites for hydroxylation is 1. The number of esters is 1. The lowest BCUT2D eigenvalue weighted by atomic mass is 10.1. The van der Waals surface area contributed by atoms with Crippen LogP contribution in [0, 0.1) is 0 Å². The summed E-state index contributed by atoms with van der Waals surface area (Å²) < 4.78 is 7.20. The first kappa shape index (κ1) is 22.4. The van der Waals surface area contributed by atoms with Crippen LogP contribution < -0.4 is 33.3 Å². The Hall–Kier alpha value is -0.650. The Balaban J connectivity index is 0.00000484. The molecule has 132 valence electrons. The molecule has 0 N–H and O–H groups in total. The fourth-order valence-electron chi connectivity index (χ4n) is 2.65. The summed E-state index contributed by atoms with van der Waals surface area (Å²) in [7, 11) is 0. The van der Waals surface area contributed by atoms with Crippen LogP contribution in [0.15, 0.2) is 24.5 Å². The second kappa shape index (κ2) is 14.9. The quantitative estimate of drug-likeness (QED) is 0.218. The second-order valence-electron chi connectivity index (χ2n) is 6.05. The number of hydrogen-bond donors (Lipinski definition) is 0. The number of aromatic nitrogens is 1. The molecule has 0 amide bonds. The van der Waals surface area contributed by atoms with Crippen molar-refractivity contribution in [2.75, 3.05) is 0 Å². The van der Waals surface area contributed by atoms with Gasteiger partial charge in [-0.3, -0.25) is 4.79 Å². The van der Waals surface area contributed by atoms with Gasteiger partial charge in [-0.25, -0.2) is 4.57 Å². The van der Waals surface area contributed by atoms with Gasteiger partial charge < -0.3 is 28.7 Å². The van der Waals surface area contributed by atoms with Gasteiger partial charge in [0.15, 0.2) is 11.9 Å². The fourth-order valence-corrected chi connectivity index (χ4v) is 2.65. The van der Waals surface area contributed by atoms with Gasteiger partial charge in [0.2, 0.25) is 6.20 Å². The van der Waals surface area contributed by atoms with Crippen molar-refractivity contribution in [3.63, 3.8) is 0 Å². The number of halogens is 1. The molecule has 0 spiro atoms. The average Bonchev–Trinajstić information content (AvgIpc) is 2.49. The van der Waals surface area contributed by atoms with E-state index in [1.165, 1.54) is 71.1 Å². The molecular weight excluding hydrogens is 401 g/mol.